The highest BCUT2D eigenvalue weighted by molar-refractivity contribution is 5.83. The minimum Gasteiger partial charge on any atom is -0.299 e. The molecule has 2 heteroatoms. The molecule has 0 N–H and O–H groups in total. The molecule has 0 heterocycles. The Kier molecular flexibility index (Phi) is 1.68. The molecule has 1 nitrogen and oxygen atoms in total. The second-order valence-corrected chi connectivity index (χ2v) is 3.13. The molecule has 62 valence electrons. The van der Waals surface area contributed by atoms with Gasteiger partial charge in [0.2, 0.25) is 0 Å². The maximum Gasteiger partial charge on any atom is 0.137 e. The number of aryl methyl sites for hydroxylation is 1. The zero-order chi connectivity index (χ0) is 8.55. The van der Waals surface area contributed by atoms with Gasteiger partial charge in [-0.15, -0.1) is 0 Å². The Hall–Kier alpha value is -1.18. The molecule has 1 aromatic carbocycles. The summed E-state index contributed by atoms with van der Waals surface area (Å²) in [4.78, 5) is 11.0. The first-order valence-corrected chi connectivity index (χ1v) is 4.05. The topological polar surface area (TPSA) is 17.1 Å². The van der Waals surface area contributed by atoms with Crippen molar-refractivity contribution < 1.29 is 9.18 Å². The molecule has 0 atom stereocenters. The van der Waals surface area contributed by atoms with Gasteiger partial charge in [-0.2, -0.15) is 0 Å². The van der Waals surface area contributed by atoms with Crippen molar-refractivity contribution in [3.05, 3.63) is 35.1 Å². The monoisotopic (exact) mass is 164 g/mol. The van der Waals surface area contributed by atoms with E-state index in [0.717, 1.165) is 17.5 Å². The number of hydrogen-bond acceptors (Lipinski definition) is 1. The van der Waals surface area contributed by atoms with Gasteiger partial charge in [-0.25, -0.2) is 4.39 Å². The van der Waals surface area contributed by atoms with Crippen LogP contribution in [0.25, 0.3) is 0 Å². The summed E-state index contributed by atoms with van der Waals surface area (Å²) in [6.07, 6.45) is 1.79. The third kappa shape index (κ3) is 1.24. The van der Waals surface area contributed by atoms with Crippen LogP contribution in [-0.2, 0) is 17.6 Å². The van der Waals surface area contributed by atoms with Gasteiger partial charge in [0.05, 0.1) is 0 Å². The summed E-state index contributed by atoms with van der Waals surface area (Å²) in [5, 5.41) is 0. The molecule has 0 saturated carbocycles. The van der Waals surface area contributed by atoms with Crippen LogP contribution < -0.4 is 0 Å². The highest BCUT2D eigenvalue weighted by Gasteiger charge is 2.15. The number of carbonyl (C=O) groups excluding carboxylic acids is 1. The molecule has 1 aliphatic carbocycles. The average molecular weight is 164 g/mol. The van der Waals surface area contributed by atoms with E-state index in [4.69, 9.17) is 0 Å². The number of ketones is 1. The predicted molar refractivity (Wildman–Crippen MR) is 43.4 cm³/mol. The third-order valence-corrected chi connectivity index (χ3v) is 2.23. The molecule has 0 bridgehead atoms. The van der Waals surface area contributed by atoms with Gasteiger partial charge in [0.25, 0.3) is 0 Å². The first-order chi connectivity index (χ1) is 5.75. The van der Waals surface area contributed by atoms with Crippen LogP contribution in [0.2, 0.25) is 0 Å². The Morgan fingerprint density at radius 3 is 2.83 bits per heavy atom. The first-order valence-electron chi connectivity index (χ1n) is 4.05. The summed E-state index contributed by atoms with van der Waals surface area (Å²) in [7, 11) is 0. The number of benzene rings is 1. The van der Waals surface area contributed by atoms with Gasteiger partial charge >= 0.3 is 0 Å². The fourth-order valence-corrected chi connectivity index (χ4v) is 1.58. The lowest BCUT2D eigenvalue weighted by molar-refractivity contribution is -0.118. The Labute approximate surface area is 70.2 Å². The summed E-state index contributed by atoms with van der Waals surface area (Å²) in [5.74, 6) is -0.0310. The molecule has 0 aliphatic heterocycles. The average Bonchev–Trinajstić information content (AvgIpc) is 2.03. The highest BCUT2D eigenvalue weighted by Crippen LogP contribution is 2.19. The van der Waals surface area contributed by atoms with Gasteiger partial charge in [0, 0.05) is 12.8 Å². The van der Waals surface area contributed by atoms with Crippen molar-refractivity contribution in [2.45, 2.75) is 19.3 Å². The van der Waals surface area contributed by atoms with Crippen molar-refractivity contribution >= 4 is 5.78 Å². The number of carbonyl (C=O) groups is 1. The molecule has 2 rings (SSSR count). The first kappa shape index (κ1) is 7.47. The van der Waals surface area contributed by atoms with Crippen molar-refractivity contribution in [1.82, 2.24) is 0 Å². The van der Waals surface area contributed by atoms with E-state index in [-0.39, 0.29) is 11.6 Å². The normalized spacial score (nSPS) is 15.9. The van der Waals surface area contributed by atoms with E-state index in [9.17, 15) is 9.18 Å². The minimum absolute atomic E-state index is 0.216. The van der Waals surface area contributed by atoms with Crippen LogP contribution in [0.5, 0.6) is 0 Å². The molecule has 1 aromatic rings. The Balaban J connectivity index is 2.44. The lowest BCUT2D eigenvalue weighted by Gasteiger charge is -2.13. The Morgan fingerprint density at radius 2 is 2.00 bits per heavy atom. The molecular formula is C10H9FO. The summed E-state index contributed by atoms with van der Waals surface area (Å²) in [6.45, 7) is 0. The van der Waals surface area contributed by atoms with E-state index in [1.54, 1.807) is 6.07 Å². The minimum atomic E-state index is -0.247. The van der Waals surface area contributed by atoms with Gasteiger partial charge < -0.3 is 0 Å². The molecule has 0 aromatic heterocycles. The van der Waals surface area contributed by atoms with Crippen LogP contribution in [-0.4, -0.2) is 5.78 Å². The van der Waals surface area contributed by atoms with Crippen LogP contribution in [0.4, 0.5) is 4.39 Å². The largest absolute Gasteiger partial charge is 0.299 e. The van der Waals surface area contributed by atoms with Gasteiger partial charge in [0.1, 0.15) is 11.6 Å². The number of halogens is 1. The lowest BCUT2D eigenvalue weighted by atomic mass is 9.91. The van der Waals surface area contributed by atoms with Crippen LogP contribution in [0.3, 0.4) is 0 Å². The molecular weight excluding hydrogens is 155 g/mol. The van der Waals surface area contributed by atoms with E-state index in [1.807, 2.05) is 0 Å². The Bertz CT molecular complexity index is 331. The fraction of sp³-hybridized carbons (Fsp3) is 0.300. The molecule has 1 aliphatic rings. The smallest absolute Gasteiger partial charge is 0.137 e. The lowest BCUT2D eigenvalue weighted by Crippen LogP contribution is -2.13. The maximum atomic E-state index is 12.7. The predicted octanol–water partition coefficient (Wildman–Crippen LogP) is 1.88. The van der Waals surface area contributed by atoms with Gasteiger partial charge in [0.15, 0.2) is 0 Å². The molecule has 0 fully saturated rings. The van der Waals surface area contributed by atoms with Crippen LogP contribution >= 0.6 is 0 Å². The SMILES string of the molecule is O=C1CCc2ccc(F)cc2C1. The van der Waals surface area contributed by atoms with Crippen molar-refractivity contribution in [3.63, 3.8) is 0 Å². The van der Waals surface area contributed by atoms with E-state index in [1.165, 1.54) is 12.1 Å². The molecule has 0 amide bonds. The zero-order valence-electron chi connectivity index (χ0n) is 6.64. The molecule has 12 heavy (non-hydrogen) atoms. The second-order valence-electron chi connectivity index (χ2n) is 3.13. The quantitative estimate of drug-likeness (QED) is 0.572. The summed E-state index contributed by atoms with van der Waals surface area (Å²) in [6, 6.07) is 4.69. The van der Waals surface area contributed by atoms with E-state index < -0.39 is 0 Å². The van der Waals surface area contributed by atoms with Crippen LogP contribution in [0, 0.1) is 5.82 Å². The molecule has 0 unspecified atom stereocenters. The highest BCUT2D eigenvalue weighted by atomic mass is 19.1. The maximum absolute atomic E-state index is 12.7. The molecule has 0 radical (unpaired) electrons. The van der Waals surface area contributed by atoms with Crippen LogP contribution in [0.1, 0.15) is 17.5 Å². The number of rotatable bonds is 0. The summed E-state index contributed by atoms with van der Waals surface area (Å²) >= 11 is 0. The van der Waals surface area contributed by atoms with E-state index in [0.29, 0.717) is 12.8 Å². The Morgan fingerprint density at radius 1 is 1.17 bits per heavy atom. The van der Waals surface area contributed by atoms with Crippen molar-refractivity contribution in [3.8, 4) is 0 Å². The van der Waals surface area contributed by atoms with E-state index >= 15 is 0 Å². The summed E-state index contributed by atoms with van der Waals surface area (Å²) in [5.41, 5.74) is 1.99. The van der Waals surface area contributed by atoms with Gasteiger partial charge in [-0.05, 0) is 29.7 Å². The van der Waals surface area contributed by atoms with Gasteiger partial charge in [-0.3, -0.25) is 4.79 Å². The van der Waals surface area contributed by atoms with E-state index in [2.05, 4.69) is 0 Å². The number of Topliss-reactive ketones (excluding diaryl/α,β-unsaturated/α-hetero) is 1. The number of fused-ring (bicyclic) bond motifs is 1. The number of hydrogen-bond donors (Lipinski definition) is 0. The second kappa shape index (κ2) is 2.70. The fourth-order valence-electron chi connectivity index (χ4n) is 1.58. The van der Waals surface area contributed by atoms with Crippen molar-refractivity contribution in [2.24, 2.45) is 0 Å². The zero-order valence-corrected chi connectivity index (χ0v) is 6.64. The standard InChI is InChI=1S/C10H9FO/c11-9-3-1-7-2-4-10(12)6-8(7)5-9/h1,3,5H,2,4,6H2. The third-order valence-electron chi connectivity index (χ3n) is 2.23. The van der Waals surface area contributed by atoms with Gasteiger partial charge in [-0.1, -0.05) is 6.07 Å². The van der Waals surface area contributed by atoms with Crippen LogP contribution in [0.15, 0.2) is 18.2 Å². The van der Waals surface area contributed by atoms with Crippen molar-refractivity contribution in [2.75, 3.05) is 0 Å². The van der Waals surface area contributed by atoms with Crippen molar-refractivity contribution in [1.29, 1.82) is 0 Å². The summed E-state index contributed by atoms with van der Waals surface area (Å²) < 4.78 is 12.7. The molecule has 0 spiro atoms. The molecule has 0 saturated heterocycles.